The van der Waals surface area contributed by atoms with E-state index < -0.39 is 35.9 Å². The van der Waals surface area contributed by atoms with Crippen LogP contribution in [-0.4, -0.2) is 50.1 Å². The average molecular weight is 668 g/mol. The number of benzene rings is 4. The Labute approximate surface area is 269 Å². The standard InChI is InChI=1S/C31H21Cl3N4O7/c1-38-25-13-22(34)21(33)12-24(25)36-28(38)15-2-4-16(5-3-15)29(41)37-23-10-20(30(42)35-18-8-6-17(32)7-9-18)26(45-14-27(39)40)11-19(23)31(43)44/h2-13H,14H2,1H3,(H,35,42)(H,37,41)(H,39,40)(H,43,44). The zero-order valence-electron chi connectivity index (χ0n) is 23.1. The van der Waals surface area contributed by atoms with Gasteiger partial charge in [0.15, 0.2) is 6.61 Å². The van der Waals surface area contributed by atoms with Gasteiger partial charge in [-0.05, 0) is 60.7 Å². The van der Waals surface area contributed by atoms with Gasteiger partial charge in [-0.25, -0.2) is 14.6 Å². The summed E-state index contributed by atoms with van der Waals surface area (Å²) in [6.45, 7) is -0.843. The molecule has 5 aromatic rings. The molecule has 0 saturated heterocycles. The van der Waals surface area contributed by atoms with Crippen molar-refractivity contribution in [2.24, 2.45) is 7.05 Å². The molecule has 5 rings (SSSR count). The zero-order valence-corrected chi connectivity index (χ0v) is 25.4. The smallest absolute Gasteiger partial charge is 0.341 e. The van der Waals surface area contributed by atoms with Crippen LogP contribution >= 0.6 is 34.8 Å². The summed E-state index contributed by atoms with van der Waals surface area (Å²) in [5, 5.41) is 25.3. The van der Waals surface area contributed by atoms with Crippen molar-refractivity contribution in [3.05, 3.63) is 105 Å². The van der Waals surface area contributed by atoms with Gasteiger partial charge in [-0.3, -0.25) is 9.59 Å². The summed E-state index contributed by atoms with van der Waals surface area (Å²) in [5.41, 5.74) is 1.75. The highest BCUT2D eigenvalue weighted by Gasteiger charge is 2.23. The number of amides is 2. The first-order valence-corrected chi connectivity index (χ1v) is 14.1. The number of carbonyl (C=O) groups excluding carboxylic acids is 2. The number of carbonyl (C=O) groups is 4. The van der Waals surface area contributed by atoms with Crippen LogP contribution in [0.15, 0.2) is 72.8 Å². The van der Waals surface area contributed by atoms with Crippen molar-refractivity contribution < 1.29 is 34.1 Å². The van der Waals surface area contributed by atoms with Crippen LogP contribution in [0.2, 0.25) is 15.1 Å². The molecule has 0 unspecified atom stereocenters. The molecular formula is C31H21Cl3N4O7. The van der Waals surface area contributed by atoms with Crippen molar-refractivity contribution in [3.63, 3.8) is 0 Å². The first kappa shape index (κ1) is 31.3. The third-order valence-corrected chi connectivity index (χ3v) is 7.60. The fraction of sp³-hybridized carbons (Fsp3) is 0.0645. The van der Waals surface area contributed by atoms with E-state index in [9.17, 15) is 24.3 Å². The summed E-state index contributed by atoms with van der Waals surface area (Å²) in [7, 11) is 1.81. The Hall–Kier alpha value is -5.10. The van der Waals surface area contributed by atoms with E-state index in [4.69, 9.17) is 44.6 Å². The third kappa shape index (κ3) is 6.86. The molecule has 0 bridgehead atoms. The second-order valence-corrected chi connectivity index (χ2v) is 10.9. The maximum absolute atomic E-state index is 13.2. The van der Waals surface area contributed by atoms with Crippen molar-refractivity contribution in [1.82, 2.24) is 9.55 Å². The molecule has 14 heteroatoms. The molecule has 0 radical (unpaired) electrons. The van der Waals surface area contributed by atoms with Crippen molar-refractivity contribution in [2.75, 3.05) is 17.2 Å². The topological polar surface area (TPSA) is 160 Å². The molecule has 1 aromatic heterocycles. The van der Waals surface area contributed by atoms with Crippen LogP contribution in [0.5, 0.6) is 5.75 Å². The number of ether oxygens (including phenoxy) is 1. The number of aromatic nitrogens is 2. The Balaban J connectivity index is 1.45. The van der Waals surface area contributed by atoms with Gasteiger partial charge in [0, 0.05) is 28.9 Å². The number of halogens is 3. The van der Waals surface area contributed by atoms with E-state index in [1.165, 1.54) is 24.3 Å². The predicted octanol–water partition coefficient (Wildman–Crippen LogP) is 6.87. The predicted molar refractivity (Wildman–Crippen MR) is 170 cm³/mol. The molecule has 228 valence electrons. The van der Waals surface area contributed by atoms with Crippen molar-refractivity contribution in [2.45, 2.75) is 0 Å². The van der Waals surface area contributed by atoms with Gasteiger partial charge in [-0.2, -0.15) is 0 Å². The molecular weight excluding hydrogens is 647 g/mol. The number of hydrogen-bond donors (Lipinski definition) is 4. The van der Waals surface area contributed by atoms with E-state index in [0.717, 1.165) is 17.6 Å². The fourth-order valence-electron chi connectivity index (χ4n) is 4.44. The van der Waals surface area contributed by atoms with Crippen molar-refractivity contribution in [1.29, 1.82) is 0 Å². The zero-order chi connectivity index (χ0) is 32.4. The number of rotatable bonds is 9. The highest BCUT2D eigenvalue weighted by molar-refractivity contribution is 6.42. The number of anilines is 2. The molecule has 0 aliphatic heterocycles. The summed E-state index contributed by atoms with van der Waals surface area (Å²) in [6, 6.07) is 18.0. The number of imidazole rings is 1. The van der Waals surface area contributed by atoms with Gasteiger partial charge in [0.2, 0.25) is 0 Å². The minimum absolute atomic E-state index is 0.179. The molecule has 4 N–H and O–H groups in total. The molecule has 0 aliphatic rings. The van der Waals surface area contributed by atoms with Gasteiger partial charge < -0.3 is 30.2 Å². The molecule has 4 aromatic carbocycles. The summed E-state index contributed by atoms with van der Waals surface area (Å²) < 4.78 is 7.06. The Kier molecular flexibility index (Phi) is 8.96. The van der Waals surface area contributed by atoms with E-state index in [1.807, 2.05) is 11.6 Å². The first-order valence-electron chi connectivity index (χ1n) is 13.0. The maximum atomic E-state index is 13.2. The van der Waals surface area contributed by atoms with Gasteiger partial charge in [0.05, 0.1) is 37.9 Å². The third-order valence-electron chi connectivity index (χ3n) is 6.62. The number of nitrogens with one attached hydrogen (secondary N) is 2. The van der Waals surface area contributed by atoms with Gasteiger partial charge in [-0.1, -0.05) is 46.9 Å². The number of aromatic carboxylic acids is 1. The Morgan fingerprint density at radius 1 is 0.822 bits per heavy atom. The molecule has 1 heterocycles. The van der Waals surface area contributed by atoms with Crippen LogP contribution in [-0.2, 0) is 11.8 Å². The Bertz CT molecular complexity index is 1990. The summed E-state index contributed by atoms with van der Waals surface area (Å²) in [6.07, 6.45) is 0. The first-order chi connectivity index (χ1) is 21.4. The Morgan fingerprint density at radius 2 is 1.49 bits per heavy atom. The number of carboxylic acid groups (broad SMARTS) is 2. The molecule has 45 heavy (non-hydrogen) atoms. The molecule has 0 fully saturated rings. The second-order valence-electron chi connectivity index (χ2n) is 9.62. The normalized spacial score (nSPS) is 10.8. The van der Waals surface area contributed by atoms with Crippen LogP contribution in [0.25, 0.3) is 22.4 Å². The lowest BCUT2D eigenvalue weighted by Crippen LogP contribution is -2.20. The lowest BCUT2D eigenvalue weighted by molar-refractivity contribution is -0.139. The minimum Gasteiger partial charge on any atom is -0.481 e. The summed E-state index contributed by atoms with van der Waals surface area (Å²) in [4.78, 5) is 54.3. The SMILES string of the molecule is Cn1c(-c2ccc(C(=O)Nc3cc(C(=O)Nc4ccc(Cl)cc4)c(OCC(=O)O)cc3C(=O)O)cc2)nc2cc(Cl)c(Cl)cc21. The molecule has 2 amide bonds. The highest BCUT2D eigenvalue weighted by atomic mass is 35.5. The Morgan fingerprint density at radius 3 is 2.13 bits per heavy atom. The molecule has 11 nitrogen and oxygen atoms in total. The number of aryl methyl sites for hydroxylation is 1. The van der Waals surface area contributed by atoms with Gasteiger partial charge in [0.25, 0.3) is 11.8 Å². The summed E-state index contributed by atoms with van der Waals surface area (Å²) >= 11 is 18.2. The van der Waals surface area contributed by atoms with Crippen LogP contribution < -0.4 is 15.4 Å². The van der Waals surface area contributed by atoms with Gasteiger partial charge in [-0.15, -0.1) is 0 Å². The van der Waals surface area contributed by atoms with Gasteiger partial charge >= 0.3 is 11.9 Å². The molecule has 0 saturated carbocycles. The van der Waals surface area contributed by atoms with Crippen LogP contribution in [0, 0.1) is 0 Å². The largest absolute Gasteiger partial charge is 0.481 e. The van der Waals surface area contributed by atoms with E-state index in [2.05, 4.69) is 15.6 Å². The van der Waals surface area contributed by atoms with Crippen molar-refractivity contribution in [3.8, 4) is 17.1 Å². The van der Waals surface area contributed by atoms with Gasteiger partial charge in [0.1, 0.15) is 11.6 Å². The van der Waals surface area contributed by atoms with Crippen LogP contribution in [0.3, 0.4) is 0 Å². The number of nitrogens with zero attached hydrogens (tertiary/aromatic N) is 2. The highest BCUT2D eigenvalue weighted by Crippen LogP contribution is 2.32. The minimum atomic E-state index is -1.45. The number of fused-ring (bicyclic) bond motifs is 1. The van der Waals surface area contributed by atoms with Crippen LogP contribution in [0.4, 0.5) is 11.4 Å². The lowest BCUT2D eigenvalue weighted by atomic mass is 10.1. The van der Waals surface area contributed by atoms with E-state index in [1.54, 1.807) is 36.4 Å². The average Bonchev–Trinajstić information content (AvgIpc) is 3.31. The van der Waals surface area contributed by atoms with E-state index >= 15 is 0 Å². The quantitative estimate of drug-likeness (QED) is 0.133. The van der Waals surface area contributed by atoms with Crippen molar-refractivity contribution >= 4 is 81.0 Å². The second kappa shape index (κ2) is 12.9. The lowest BCUT2D eigenvalue weighted by Gasteiger charge is -2.16. The summed E-state index contributed by atoms with van der Waals surface area (Å²) in [5.74, 6) is -3.93. The maximum Gasteiger partial charge on any atom is 0.341 e. The number of aliphatic carboxylic acids is 1. The number of hydrogen-bond acceptors (Lipinski definition) is 6. The van der Waals surface area contributed by atoms with E-state index in [0.29, 0.717) is 37.7 Å². The molecule has 0 aliphatic carbocycles. The molecule has 0 spiro atoms. The monoisotopic (exact) mass is 666 g/mol. The van der Waals surface area contributed by atoms with E-state index in [-0.39, 0.29) is 22.6 Å². The number of carboxylic acids is 2. The van der Waals surface area contributed by atoms with Crippen LogP contribution in [0.1, 0.15) is 31.1 Å². The molecule has 0 atom stereocenters. The fourth-order valence-corrected chi connectivity index (χ4v) is 4.88.